The first-order valence-corrected chi connectivity index (χ1v) is 11.0. The molecule has 0 aliphatic carbocycles. The van der Waals surface area contributed by atoms with E-state index in [1.165, 1.54) is 18.2 Å². The highest BCUT2D eigenvalue weighted by molar-refractivity contribution is 6.40. The van der Waals surface area contributed by atoms with E-state index in [9.17, 15) is 14.4 Å². The van der Waals surface area contributed by atoms with E-state index < -0.39 is 17.9 Å². The minimum Gasteiger partial charge on any atom is -0.463 e. The van der Waals surface area contributed by atoms with Crippen molar-refractivity contribution in [2.45, 2.75) is 19.4 Å². The van der Waals surface area contributed by atoms with Gasteiger partial charge in [0.1, 0.15) is 17.4 Å². The standard InChI is InChI=1S/C26H21N5O4/c1-16(32)23-15-22(30-31(23)17-8-3-2-4-9-17)26(34)29-28-25(33)19-14-21(24-12-7-13-35-24)27-20-11-6-5-10-18(19)20/h2-14,23H,15H2,1H3,(H,28,33)(H,29,34). The lowest BCUT2D eigenvalue weighted by Crippen LogP contribution is -2.45. The number of carbonyl (C=O) groups is 3. The molecular weight excluding hydrogens is 446 g/mol. The molecule has 0 bridgehead atoms. The number of pyridine rings is 1. The Bertz CT molecular complexity index is 1450. The van der Waals surface area contributed by atoms with Crippen molar-refractivity contribution >= 4 is 39.9 Å². The van der Waals surface area contributed by atoms with Crippen LogP contribution in [0.3, 0.4) is 0 Å². The molecule has 2 aromatic heterocycles. The highest BCUT2D eigenvalue weighted by Crippen LogP contribution is 2.26. The molecule has 0 radical (unpaired) electrons. The van der Waals surface area contributed by atoms with Crippen LogP contribution in [0.2, 0.25) is 0 Å². The number of benzene rings is 2. The Morgan fingerprint density at radius 1 is 0.943 bits per heavy atom. The second-order valence-corrected chi connectivity index (χ2v) is 8.02. The molecule has 4 aromatic rings. The maximum atomic E-state index is 13.1. The Morgan fingerprint density at radius 2 is 1.69 bits per heavy atom. The molecule has 1 aliphatic rings. The zero-order valence-corrected chi connectivity index (χ0v) is 18.8. The lowest BCUT2D eigenvalue weighted by molar-refractivity contribution is -0.118. The van der Waals surface area contributed by atoms with Gasteiger partial charge in [-0.1, -0.05) is 36.4 Å². The monoisotopic (exact) mass is 467 g/mol. The average molecular weight is 467 g/mol. The van der Waals surface area contributed by atoms with Gasteiger partial charge in [0.25, 0.3) is 11.8 Å². The molecule has 0 spiro atoms. The Labute approximate surface area is 200 Å². The molecule has 1 aliphatic heterocycles. The van der Waals surface area contributed by atoms with Crippen LogP contribution in [0.1, 0.15) is 23.7 Å². The Kier molecular flexibility index (Phi) is 5.80. The van der Waals surface area contributed by atoms with E-state index in [2.05, 4.69) is 20.9 Å². The van der Waals surface area contributed by atoms with Gasteiger partial charge in [-0.25, -0.2) is 4.98 Å². The number of carbonyl (C=O) groups excluding carboxylic acids is 3. The molecule has 2 N–H and O–H groups in total. The van der Waals surface area contributed by atoms with Crippen LogP contribution in [0.15, 0.2) is 88.6 Å². The lowest BCUT2D eigenvalue weighted by Gasteiger charge is -2.20. The molecule has 35 heavy (non-hydrogen) atoms. The summed E-state index contributed by atoms with van der Waals surface area (Å²) >= 11 is 0. The van der Waals surface area contributed by atoms with Crippen LogP contribution >= 0.6 is 0 Å². The molecule has 9 heteroatoms. The number of anilines is 1. The van der Waals surface area contributed by atoms with Crippen molar-refractivity contribution in [2.75, 3.05) is 5.01 Å². The topological polar surface area (TPSA) is 117 Å². The summed E-state index contributed by atoms with van der Waals surface area (Å²) in [7, 11) is 0. The lowest BCUT2D eigenvalue weighted by atomic mass is 10.1. The smallest absolute Gasteiger partial charge is 0.285 e. The number of Topliss-reactive ketones (excluding diaryl/α,β-unsaturated/α-hetero) is 1. The summed E-state index contributed by atoms with van der Waals surface area (Å²) in [6.07, 6.45) is 1.66. The van der Waals surface area contributed by atoms with Crippen LogP contribution < -0.4 is 15.9 Å². The van der Waals surface area contributed by atoms with E-state index in [4.69, 9.17) is 4.42 Å². The number of aromatic nitrogens is 1. The SMILES string of the molecule is CC(=O)C1CC(C(=O)NNC(=O)c2cc(-c3ccco3)nc3ccccc23)=NN1c1ccccc1. The molecule has 1 unspecified atom stereocenters. The van der Waals surface area contributed by atoms with Gasteiger partial charge in [0.2, 0.25) is 0 Å². The van der Waals surface area contributed by atoms with E-state index in [0.717, 1.165) is 0 Å². The number of rotatable bonds is 5. The Morgan fingerprint density at radius 3 is 2.43 bits per heavy atom. The summed E-state index contributed by atoms with van der Waals surface area (Å²) in [5.41, 5.74) is 7.15. The zero-order valence-electron chi connectivity index (χ0n) is 18.8. The van der Waals surface area contributed by atoms with Crippen LogP contribution in [0.25, 0.3) is 22.4 Å². The third kappa shape index (κ3) is 4.39. The molecule has 0 saturated heterocycles. The number of hydrazone groups is 1. The van der Waals surface area contributed by atoms with Gasteiger partial charge >= 0.3 is 0 Å². The normalized spacial score (nSPS) is 15.1. The molecule has 0 fully saturated rings. The first-order valence-electron chi connectivity index (χ1n) is 11.0. The van der Waals surface area contributed by atoms with E-state index >= 15 is 0 Å². The summed E-state index contributed by atoms with van der Waals surface area (Å²) in [5.74, 6) is -0.706. The van der Waals surface area contributed by atoms with Crippen molar-refractivity contribution in [3.8, 4) is 11.5 Å². The number of ketones is 1. The van der Waals surface area contributed by atoms with Crippen LogP contribution in [0.4, 0.5) is 5.69 Å². The number of para-hydroxylation sites is 2. The fourth-order valence-electron chi connectivity index (χ4n) is 3.95. The number of amides is 2. The highest BCUT2D eigenvalue weighted by Gasteiger charge is 2.34. The van der Waals surface area contributed by atoms with E-state index in [1.54, 1.807) is 36.4 Å². The predicted molar refractivity (Wildman–Crippen MR) is 130 cm³/mol. The Balaban J connectivity index is 1.36. The second-order valence-electron chi connectivity index (χ2n) is 8.02. The zero-order chi connectivity index (χ0) is 24.4. The van der Waals surface area contributed by atoms with Gasteiger partial charge < -0.3 is 4.42 Å². The van der Waals surface area contributed by atoms with Gasteiger partial charge in [0, 0.05) is 11.8 Å². The van der Waals surface area contributed by atoms with Crippen LogP contribution in [-0.4, -0.2) is 34.3 Å². The minimum absolute atomic E-state index is 0.113. The number of hydrazine groups is 1. The van der Waals surface area contributed by atoms with Crippen molar-refractivity contribution in [1.82, 2.24) is 15.8 Å². The third-order valence-corrected chi connectivity index (χ3v) is 5.69. The summed E-state index contributed by atoms with van der Waals surface area (Å²) in [5, 5.41) is 6.51. The largest absolute Gasteiger partial charge is 0.463 e. The summed E-state index contributed by atoms with van der Waals surface area (Å²) in [6, 6.07) is 20.9. The molecular formula is C26H21N5O4. The molecule has 1 atom stereocenters. The molecule has 5 rings (SSSR count). The van der Waals surface area contributed by atoms with Crippen molar-refractivity contribution in [1.29, 1.82) is 0 Å². The first kappa shape index (κ1) is 22.0. The molecule has 174 valence electrons. The number of fused-ring (bicyclic) bond motifs is 1. The number of hydrogen-bond donors (Lipinski definition) is 2. The van der Waals surface area contributed by atoms with Gasteiger partial charge in [-0.3, -0.25) is 30.2 Å². The first-order chi connectivity index (χ1) is 17.0. The van der Waals surface area contributed by atoms with Gasteiger partial charge in [0.05, 0.1) is 23.0 Å². The van der Waals surface area contributed by atoms with Gasteiger partial charge in [0.15, 0.2) is 11.5 Å². The van der Waals surface area contributed by atoms with Crippen molar-refractivity contribution in [3.63, 3.8) is 0 Å². The third-order valence-electron chi connectivity index (χ3n) is 5.69. The van der Waals surface area contributed by atoms with Crippen molar-refractivity contribution in [3.05, 3.63) is 84.6 Å². The van der Waals surface area contributed by atoms with Crippen molar-refractivity contribution < 1.29 is 18.8 Å². The van der Waals surface area contributed by atoms with E-state index in [-0.39, 0.29) is 17.9 Å². The highest BCUT2D eigenvalue weighted by atomic mass is 16.3. The van der Waals surface area contributed by atoms with Crippen LogP contribution in [0.5, 0.6) is 0 Å². The fourth-order valence-corrected chi connectivity index (χ4v) is 3.95. The molecule has 2 aromatic carbocycles. The van der Waals surface area contributed by atoms with E-state index in [0.29, 0.717) is 33.6 Å². The second kappa shape index (κ2) is 9.22. The predicted octanol–water partition coefficient (Wildman–Crippen LogP) is 3.48. The molecule has 0 saturated carbocycles. The van der Waals surface area contributed by atoms with Gasteiger partial charge in [-0.05, 0) is 43.3 Å². The van der Waals surface area contributed by atoms with Gasteiger partial charge in [-0.15, -0.1) is 0 Å². The quantitative estimate of drug-likeness (QED) is 0.434. The van der Waals surface area contributed by atoms with Gasteiger partial charge in [-0.2, -0.15) is 5.10 Å². The molecule has 2 amide bonds. The van der Waals surface area contributed by atoms with Crippen LogP contribution in [-0.2, 0) is 9.59 Å². The number of nitrogens with one attached hydrogen (secondary N) is 2. The Hall–Kier alpha value is -4.79. The number of hydrogen-bond acceptors (Lipinski definition) is 7. The maximum Gasteiger partial charge on any atom is 0.285 e. The summed E-state index contributed by atoms with van der Waals surface area (Å²) < 4.78 is 5.43. The number of furan rings is 1. The average Bonchev–Trinajstić information content (AvgIpc) is 3.58. The summed E-state index contributed by atoms with van der Waals surface area (Å²) in [6.45, 7) is 1.46. The molecule has 3 heterocycles. The summed E-state index contributed by atoms with van der Waals surface area (Å²) in [4.78, 5) is 42.6. The molecule has 9 nitrogen and oxygen atoms in total. The fraction of sp³-hybridized carbons (Fsp3) is 0.115. The van der Waals surface area contributed by atoms with Crippen LogP contribution in [0, 0.1) is 0 Å². The number of nitrogens with zero attached hydrogens (tertiary/aromatic N) is 3. The van der Waals surface area contributed by atoms with Crippen molar-refractivity contribution in [2.24, 2.45) is 5.10 Å². The maximum absolute atomic E-state index is 13.1. The minimum atomic E-state index is -0.590. The van der Waals surface area contributed by atoms with E-state index in [1.807, 2.05) is 36.4 Å².